The largest absolute Gasteiger partial charge is 0.355 e. The van der Waals surface area contributed by atoms with Gasteiger partial charge in [0.1, 0.15) is 0 Å². The zero-order valence-electron chi connectivity index (χ0n) is 14.9. The minimum atomic E-state index is -0.391. The fourth-order valence-corrected chi connectivity index (χ4v) is 2.97. The van der Waals surface area contributed by atoms with E-state index in [2.05, 4.69) is 15.6 Å². The fraction of sp³-hybridized carbons (Fsp3) is 0.300. The van der Waals surface area contributed by atoms with Gasteiger partial charge >= 0.3 is 0 Å². The zero-order chi connectivity index (χ0) is 19.1. The molecule has 0 spiro atoms. The van der Waals surface area contributed by atoms with Gasteiger partial charge in [-0.05, 0) is 29.8 Å². The van der Waals surface area contributed by atoms with Crippen molar-refractivity contribution in [1.82, 2.24) is 15.6 Å². The van der Waals surface area contributed by atoms with E-state index in [9.17, 15) is 14.4 Å². The molecule has 0 aliphatic carbocycles. The highest BCUT2D eigenvalue weighted by molar-refractivity contribution is 6.00. The van der Waals surface area contributed by atoms with Gasteiger partial charge in [0.15, 0.2) is 0 Å². The molecule has 0 unspecified atom stereocenters. The quantitative estimate of drug-likeness (QED) is 0.772. The minimum absolute atomic E-state index is 0.0588. The highest BCUT2D eigenvalue weighted by Crippen LogP contribution is 2.24. The van der Waals surface area contributed by atoms with E-state index < -0.39 is 5.92 Å². The van der Waals surface area contributed by atoms with Gasteiger partial charge in [0.25, 0.3) is 0 Å². The van der Waals surface area contributed by atoms with Crippen LogP contribution in [0.15, 0.2) is 54.9 Å². The molecule has 1 aromatic carbocycles. The second-order valence-corrected chi connectivity index (χ2v) is 6.41. The number of para-hydroxylation sites is 1. The van der Waals surface area contributed by atoms with Crippen LogP contribution in [0.1, 0.15) is 18.4 Å². The van der Waals surface area contributed by atoms with Crippen LogP contribution in [0.5, 0.6) is 0 Å². The number of anilines is 1. The fourth-order valence-electron chi connectivity index (χ4n) is 2.97. The molecule has 1 aliphatic rings. The Bertz CT molecular complexity index is 795. The molecule has 0 bridgehead atoms. The van der Waals surface area contributed by atoms with Gasteiger partial charge < -0.3 is 15.5 Å². The van der Waals surface area contributed by atoms with E-state index in [-0.39, 0.29) is 37.1 Å². The molecule has 3 amide bonds. The maximum Gasteiger partial charge on any atom is 0.227 e. The lowest BCUT2D eigenvalue weighted by Gasteiger charge is -2.16. The Morgan fingerprint density at radius 3 is 2.56 bits per heavy atom. The van der Waals surface area contributed by atoms with Crippen molar-refractivity contribution in [1.29, 1.82) is 0 Å². The maximum absolute atomic E-state index is 12.3. The van der Waals surface area contributed by atoms with Gasteiger partial charge in [-0.3, -0.25) is 19.4 Å². The van der Waals surface area contributed by atoms with Crippen molar-refractivity contribution in [3.8, 4) is 0 Å². The molecule has 27 heavy (non-hydrogen) atoms. The summed E-state index contributed by atoms with van der Waals surface area (Å²) >= 11 is 0. The Hall–Kier alpha value is -3.22. The first-order valence-electron chi connectivity index (χ1n) is 8.92. The molecule has 1 aromatic heterocycles. The van der Waals surface area contributed by atoms with Crippen molar-refractivity contribution < 1.29 is 14.4 Å². The molecular weight excluding hydrogens is 344 g/mol. The van der Waals surface area contributed by atoms with Gasteiger partial charge in [0, 0.05) is 50.6 Å². The number of rotatable bonds is 7. The number of benzene rings is 1. The SMILES string of the molecule is O=C(CCNC(=O)[C@@H]1CC(=O)N(c2ccccc2)C1)NCc1ccncc1. The van der Waals surface area contributed by atoms with Crippen LogP contribution in [0, 0.1) is 5.92 Å². The van der Waals surface area contributed by atoms with E-state index in [0.717, 1.165) is 11.3 Å². The molecule has 1 fully saturated rings. The summed E-state index contributed by atoms with van der Waals surface area (Å²) in [6, 6.07) is 13.0. The van der Waals surface area contributed by atoms with Crippen molar-refractivity contribution in [2.24, 2.45) is 5.92 Å². The van der Waals surface area contributed by atoms with Crippen molar-refractivity contribution in [2.45, 2.75) is 19.4 Å². The van der Waals surface area contributed by atoms with E-state index in [1.807, 2.05) is 42.5 Å². The molecule has 0 radical (unpaired) electrons. The number of carbonyl (C=O) groups is 3. The summed E-state index contributed by atoms with van der Waals surface area (Å²) in [7, 11) is 0. The Balaban J connectivity index is 1.39. The van der Waals surface area contributed by atoms with E-state index >= 15 is 0 Å². The molecule has 2 heterocycles. The monoisotopic (exact) mass is 366 g/mol. The Kier molecular flexibility index (Phi) is 6.14. The maximum atomic E-state index is 12.3. The van der Waals surface area contributed by atoms with E-state index in [0.29, 0.717) is 13.1 Å². The number of hydrogen-bond acceptors (Lipinski definition) is 4. The zero-order valence-corrected chi connectivity index (χ0v) is 14.9. The Labute approximate surface area is 157 Å². The van der Waals surface area contributed by atoms with E-state index in [1.165, 1.54) is 0 Å². The average Bonchev–Trinajstić information content (AvgIpc) is 3.09. The molecule has 2 aromatic rings. The molecule has 3 rings (SSSR count). The van der Waals surface area contributed by atoms with Gasteiger partial charge in [-0.1, -0.05) is 18.2 Å². The van der Waals surface area contributed by atoms with Crippen LogP contribution in [0.25, 0.3) is 0 Å². The van der Waals surface area contributed by atoms with Crippen molar-refractivity contribution >= 4 is 23.4 Å². The summed E-state index contributed by atoms with van der Waals surface area (Å²) in [4.78, 5) is 41.9. The van der Waals surface area contributed by atoms with Gasteiger partial charge in [-0.2, -0.15) is 0 Å². The van der Waals surface area contributed by atoms with E-state index in [1.54, 1.807) is 17.3 Å². The molecule has 7 nitrogen and oxygen atoms in total. The standard InChI is InChI=1S/C20H22N4O3/c25-18(23-13-15-6-9-21-10-7-15)8-11-22-20(27)16-12-19(26)24(14-16)17-4-2-1-3-5-17/h1-7,9-10,16H,8,11-14H2,(H,22,27)(H,23,25)/t16-/m1/s1. The lowest BCUT2D eigenvalue weighted by molar-refractivity contribution is -0.126. The van der Waals surface area contributed by atoms with E-state index in [4.69, 9.17) is 0 Å². The van der Waals surface area contributed by atoms with Crippen molar-refractivity contribution in [3.63, 3.8) is 0 Å². The molecule has 0 saturated carbocycles. The van der Waals surface area contributed by atoms with Gasteiger partial charge in [-0.15, -0.1) is 0 Å². The second kappa shape index (κ2) is 8.93. The number of aromatic nitrogens is 1. The van der Waals surface area contributed by atoms with Crippen LogP contribution < -0.4 is 15.5 Å². The van der Waals surface area contributed by atoms with Crippen LogP contribution in [0.2, 0.25) is 0 Å². The number of hydrogen-bond donors (Lipinski definition) is 2. The summed E-state index contributed by atoms with van der Waals surface area (Å²) in [6.45, 7) is 1.04. The smallest absolute Gasteiger partial charge is 0.227 e. The summed E-state index contributed by atoms with van der Waals surface area (Å²) in [5, 5.41) is 5.56. The molecule has 140 valence electrons. The molecular formula is C20H22N4O3. The predicted octanol–water partition coefficient (Wildman–Crippen LogP) is 1.26. The number of carbonyl (C=O) groups excluding carboxylic acids is 3. The first kappa shape index (κ1) is 18.6. The first-order valence-corrected chi connectivity index (χ1v) is 8.92. The van der Waals surface area contributed by atoms with Crippen LogP contribution in [0.3, 0.4) is 0 Å². The molecule has 1 atom stereocenters. The molecule has 1 aliphatic heterocycles. The third kappa shape index (κ3) is 5.13. The summed E-state index contributed by atoms with van der Waals surface area (Å²) < 4.78 is 0. The molecule has 2 N–H and O–H groups in total. The molecule has 1 saturated heterocycles. The van der Waals surface area contributed by atoms with Crippen LogP contribution in [-0.2, 0) is 20.9 Å². The number of nitrogens with one attached hydrogen (secondary N) is 2. The van der Waals surface area contributed by atoms with Crippen LogP contribution >= 0.6 is 0 Å². The van der Waals surface area contributed by atoms with Crippen molar-refractivity contribution in [2.75, 3.05) is 18.0 Å². The Morgan fingerprint density at radius 1 is 1.07 bits per heavy atom. The summed E-state index contributed by atoms with van der Waals surface area (Å²) in [5.74, 6) is -0.779. The number of amides is 3. The third-order valence-electron chi connectivity index (χ3n) is 4.45. The third-order valence-corrected chi connectivity index (χ3v) is 4.45. The van der Waals surface area contributed by atoms with Gasteiger partial charge in [0.05, 0.1) is 5.92 Å². The van der Waals surface area contributed by atoms with Crippen molar-refractivity contribution in [3.05, 3.63) is 60.4 Å². The Morgan fingerprint density at radius 2 is 1.81 bits per heavy atom. The minimum Gasteiger partial charge on any atom is -0.355 e. The highest BCUT2D eigenvalue weighted by Gasteiger charge is 2.34. The van der Waals surface area contributed by atoms with Crippen LogP contribution in [0.4, 0.5) is 5.69 Å². The number of nitrogens with zero attached hydrogens (tertiary/aromatic N) is 2. The molecule has 7 heteroatoms. The predicted molar refractivity (Wildman–Crippen MR) is 101 cm³/mol. The lowest BCUT2D eigenvalue weighted by Crippen LogP contribution is -2.35. The summed E-state index contributed by atoms with van der Waals surface area (Å²) in [6.07, 6.45) is 3.72. The first-order chi connectivity index (χ1) is 13.1. The normalized spacial score (nSPS) is 16.2. The number of pyridine rings is 1. The highest BCUT2D eigenvalue weighted by atomic mass is 16.2. The second-order valence-electron chi connectivity index (χ2n) is 6.41. The van der Waals surface area contributed by atoms with Gasteiger partial charge in [0.2, 0.25) is 17.7 Å². The summed E-state index contributed by atoms with van der Waals surface area (Å²) in [5.41, 5.74) is 1.76. The van der Waals surface area contributed by atoms with Crippen LogP contribution in [-0.4, -0.2) is 35.8 Å². The average molecular weight is 366 g/mol. The van der Waals surface area contributed by atoms with Gasteiger partial charge in [-0.25, -0.2) is 0 Å². The topological polar surface area (TPSA) is 91.4 Å². The lowest BCUT2D eigenvalue weighted by atomic mass is 10.1.